The highest BCUT2D eigenvalue weighted by Gasteiger charge is 2.24. The predicted molar refractivity (Wildman–Crippen MR) is 64.0 cm³/mol. The Morgan fingerprint density at radius 2 is 2.13 bits per heavy atom. The van der Waals surface area contributed by atoms with E-state index in [0.29, 0.717) is 5.95 Å². The third kappa shape index (κ3) is 2.66. The van der Waals surface area contributed by atoms with Crippen molar-refractivity contribution in [1.82, 2.24) is 9.97 Å². The summed E-state index contributed by atoms with van der Waals surface area (Å²) < 4.78 is 0.890. The van der Waals surface area contributed by atoms with Crippen LogP contribution in [-0.4, -0.2) is 34.3 Å². The second-order valence-corrected chi connectivity index (χ2v) is 4.99. The van der Waals surface area contributed by atoms with Gasteiger partial charge in [-0.15, -0.1) is 0 Å². The normalized spacial score (nSPS) is 11.6. The molecule has 0 aliphatic carbocycles. The van der Waals surface area contributed by atoms with Crippen molar-refractivity contribution >= 4 is 21.9 Å². The Bertz CT molecular complexity index is 355. The fourth-order valence-electron chi connectivity index (χ4n) is 0.978. The number of hydrogen-bond acceptors (Lipinski definition) is 4. The van der Waals surface area contributed by atoms with Crippen LogP contribution in [0.1, 0.15) is 19.5 Å². The summed E-state index contributed by atoms with van der Waals surface area (Å²) in [6, 6.07) is 0. The number of nitrogens with zero attached hydrogens (tertiary/aromatic N) is 3. The van der Waals surface area contributed by atoms with Crippen molar-refractivity contribution < 1.29 is 5.11 Å². The van der Waals surface area contributed by atoms with Crippen LogP contribution in [0.4, 0.5) is 5.95 Å². The van der Waals surface area contributed by atoms with E-state index in [-0.39, 0.29) is 12.1 Å². The van der Waals surface area contributed by atoms with Crippen LogP contribution in [0, 0.1) is 6.92 Å². The van der Waals surface area contributed by atoms with Crippen molar-refractivity contribution in [2.24, 2.45) is 0 Å². The lowest BCUT2D eigenvalue weighted by Gasteiger charge is -2.33. The first-order valence-corrected chi connectivity index (χ1v) is 5.51. The van der Waals surface area contributed by atoms with E-state index < -0.39 is 0 Å². The van der Waals surface area contributed by atoms with E-state index in [1.165, 1.54) is 0 Å². The lowest BCUT2D eigenvalue weighted by Crippen LogP contribution is -2.45. The first-order valence-electron chi connectivity index (χ1n) is 4.72. The van der Waals surface area contributed by atoms with Crippen molar-refractivity contribution in [3.63, 3.8) is 0 Å². The molecule has 1 aromatic heterocycles. The summed E-state index contributed by atoms with van der Waals surface area (Å²) in [5.74, 6) is 0.620. The van der Waals surface area contributed by atoms with Crippen LogP contribution in [0.3, 0.4) is 0 Å². The first kappa shape index (κ1) is 12.4. The zero-order valence-corrected chi connectivity index (χ0v) is 11.0. The van der Waals surface area contributed by atoms with Gasteiger partial charge in [-0.3, -0.25) is 0 Å². The fraction of sp³-hybridized carbons (Fsp3) is 0.600. The van der Waals surface area contributed by atoms with Crippen LogP contribution in [0.5, 0.6) is 0 Å². The molecule has 0 fully saturated rings. The number of likely N-dealkylation sites (N-methyl/N-ethyl adjacent to an activating group) is 1. The second kappa shape index (κ2) is 4.45. The Morgan fingerprint density at radius 1 is 1.53 bits per heavy atom. The summed E-state index contributed by atoms with van der Waals surface area (Å²) >= 11 is 3.35. The van der Waals surface area contributed by atoms with E-state index in [9.17, 15) is 5.11 Å². The van der Waals surface area contributed by atoms with E-state index in [4.69, 9.17) is 0 Å². The zero-order valence-electron chi connectivity index (χ0n) is 9.45. The maximum Gasteiger partial charge on any atom is 0.225 e. The van der Waals surface area contributed by atoms with E-state index in [1.807, 2.05) is 32.7 Å². The summed E-state index contributed by atoms with van der Waals surface area (Å²) in [5, 5.41) is 9.24. The molecule has 15 heavy (non-hydrogen) atoms. The van der Waals surface area contributed by atoms with Crippen LogP contribution in [0.2, 0.25) is 0 Å². The van der Waals surface area contributed by atoms with Crippen molar-refractivity contribution in [2.75, 3.05) is 18.6 Å². The third-order valence-corrected chi connectivity index (χ3v) is 3.28. The van der Waals surface area contributed by atoms with Crippen molar-refractivity contribution in [1.29, 1.82) is 0 Å². The molecule has 0 saturated carbocycles. The van der Waals surface area contributed by atoms with Gasteiger partial charge in [-0.1, -0.05) is 0 Å². The number of aryl methyl sites for hydroxylation is 1. The van der Waals surface area contributed by atoms with Gasteiger partial charge in [0, 0.05) is 13.2 Å². The van der Waals surface area contributed by atoms with Crippen LogP contribution < -0.4 is 4.90 Å². The average molecular weight is 274 g/mol. The van der Waals surface area contributed by atoms with E-state index in [1.54, 1.807) is 6.20 Å². The molecule has 0 spiro atoms. The molecule has 4 nitrogen and oxygen atoms in total. The lowest BCUT2D eigenvalue weighted by atomic mass is 10.1. The molecule has 1 rings (SSSR count). The lowest BCUT2D eigenvalue weighted by molar-refractivity contribution is 0.215. The van der Waals surface area contributed by atoms with Gasteiger partial charge in [-0.25, -0.2) is 9.97 Å². The molecule has 84 valence electrons. The quantitative estimate of drug-likeness (QED) is 0.912. The number of hydrogen-bond donors (Lipinski definition) is 1. The number of aliphatic hydroxyl groups is 1. The molecule has 0 saturated heterocycles. The minimum atomic E-state index is -0.361. The van der Waals surface area contributed by atoms with E-state index in [2.05, 4.69) is 25.9 Å². The average Bonchev–Trinajstić information content (AvgIpc) is 2.21. The molecule has 5 heteroatoms. The molecule has 0 atom stereocenters. The number of aliphatic hydroxyl groups excluding tert-OH is 1. The zero-order chi connectivity index (χ0) is 11.6. The fourth-order valence-corrected chi connectivity index (χ4v) is 1.17. The molecule has 0 unspecified atom stereocenters. The Morgan fingerprint density at radius 3 is 2.60 bits per heavy atom. The highest BCUT2D eigenvalue weighted by molar-refractivity contribution is 9.10. The minimum Gasteiger partial charge on any atom is -0.394 e. The van der Waals surface area contributed by atoms with E-state index in [0.717, 1.165) is 10.2 Å². The van der Waals surface area contributed by atoms with Crippen LogP contribution in [0.15, 0.2) is 10.7 Å². The van der Waals surface area contributed by atoms with Gasteiger partial charge in [0.2, 0.25) is 5.95 Å². The molecule has 0 amide bonds. The summed E-state index contributed by atoms with van der Waals surface area (Å²) in [6.45, 7) is 5.85. The van der Waals surface area contributed by atoms with Crippen molar-refractivity contribution in [3.05, 3.63) is 16.4 Å². The predicted octanol–water partition coefficient (Wildman–Crippen LogP) is 1.75. The number of halogens is 1. The van der Waals surface area contributed by atoms with Crippen LogP contribution in [0.25, 0.3) is 0 Å². The summed E-state index contributed by atoms with van der Waals surface area (Å²) in [7, 11) is 1.87. The molecule has 1 aromatic rings. The van der Waals surface area contributed by atoms with E-state index >= 15 is 0 Å². The monoisotopic (exact) mass is 273 g/mol. The molecule has 0 bridgehead atoms. The Hall–Kier alpha value is -0.680. The third-order valence-electron chi connectivity index (χ3n) is 2.50. The highest BCUT2D eigenvalue weighted by Crippen LogP contribution is 2.20. The Labute approximate surface area is 98.5 Å². The molecular formula is C10H16BrN3O. The van der Waals surface area contributed by atoms with Gasteiger partial charge in [-0.05, 0) is 36.7 Å². The van der Waals surface area contributed by atoms with Gasteiger partial charge in [-0.2, -0.15) is 0 Å². The standard InChI is InChI=1S/C10H16BrN3O/c1-7-8(11)5-12-9(13-7)14(4)10(2,3)6-15/h5,15H,6H2,1-4H3. The van der Waals surface area contributed by atoms with Gasteiger partial charge in [0.1, 0.15) is 0 Å². The van der Waals surface area contributed by atoms with Gasteiger partial charge in [0.05, 0.1) is 22.3 Å². The Kier molecular flexibility index (Phi) is 3.67. The topological polar surface area (TPSA) is 49.2 Å². The largest absolute Gasteiger partial charge is 0.394 e. The van der Waals surface area contributed by atoms with Crippen LogP contribution in [-0.2, 0) is 0 Å². The van der Waals surface area contributed by atoms with Gasteiger partial charge in [0.15, 0.2) is 0 Å². The number of anilines is 1. The second-order valence-electron chi connectivity index (χ2n) is 4.13. The maximum atomic E-state index is 9.24. The summed E-state index contributed by atoms with van der Waals surface area (Å²) in [6.07, 6.45) is 1.72. The van der Waals surface area contributed by atoms with Crippen molar-refractivity contribution in [2.45, 2.75) is 26.3 Å². The Balaban J connectivity index is 3.02. The molecule has 0 aromatic carbocycles. The molecule has 0 radical (unpaired) electrons. The highest BCUT2D eigenvalue weighted by atomic mass is 79.9. The minimum absolute atomic E-state index is 0.0575. The molecule has 1 heterocycles. The van der Waals surface area contributed by atoms with Gasteiger partial charge >= 0.3 is 0 Å². The van der Waals surface area contributed by atoms with Crippen molar-refractivity contribution in [3.8, 4) is 0 Å². The SMILES string of the molecule is Cc1nc(N(C)C(C)(C)CO)ncc1Br. The number of aromatic nitrogens is 2. The smallest absolute Gasteiger partial charge is 0.225 e. The molecular weight excluding hydrogens is 258 g/mol. The molecule has 0 aliphatic rings. The molecule has 1 N–H and O–H groups in total. The van der Waals surface area contributed by atoms with Gasteiger partial charge in [0.25, 0.3) is 0 Å². The summed E-state index contributed by atoms with van der Waals surface area (Å²) in [5.41, 5.74) is 0.529. The van der Waals surface area contributed by atoms with Gasteiger partial charge < -0.3 is 10.0 Å². The first-order chi connectivity index (χ1) is 6.88. The maximum absolute atomic E-state index is 9.24. The number of rotatable bonds is 3. The van der Waals surface area contributed by atoms with Crippen LogP contribution >= 0.6 is 15.9 Å². The molecule has 0 aliphatic heterocycles. The summed E-state index contributed by atoms with van der Waals surface area (Å²) in [4.78, 5) is 10.4.